The molecule has 3 rings (SSSR count). The van der Waals surface area contributed by atoms with Gasteiger partial charge in [0.2, 0.25) is 0 Å². The average Bonchev–Trinajstić information content (AvgIpc) is 2.90. The highest BCUT2D eigenvalue weighted by Gasteiger charge is 2.59. The van der Waals surface area contributed by atoms with Crippen molar-refractivity contribution in [2.75, 3.05) is 6.54 Å². The van der Waals surface area contributed by atoms with Gasteiger partial charge in [-0.1, -0.05) is 33.6 Å². The van der Waals surface area contributed by atoms with Gasteiger partial charge in [0.25, 0.3) is 0 Å². The van der Waals surface area contributed by atoms with E-state index in [1.165, 1.54) is 32.1 Å². The molecule has 0 aromatic rings. The number of hydrogen-bond acceptors (Lipinski definition) is 2. The maximum absolute atomic E-state index is 10.5. The highest BCUT2D eigenvalue weighted by atomic mass is 16.3. The Balaban J connectivity index is 1.68. The number of rotatable bonds is 3. The first-order chi connectivity index (χ1) is 8.36. The highest BCUT2D eigenvalue weighted by Crippen LogP contribution is 2.62. The largest absolute Gasteiger partial charge is 0.389 e. The van der Waals surface area contributed by atoms with E-state index in [0.717, 1.165) is 25.3 Å². The van der Waals surface area contributed by atoms with Crippen LogP contribution in [-0.2, 0) is 0 Å². The zero-order valence-electron chi connectivity index (χ0n) is 12.3. The molecule has 3 saturated carbocycles. The van der Waals surface area contributed by atoms with Crippen molar-refractivity contribution in [1.82, 2.24) is 5.32 Å². The summed E-state index contributed by atoms with van der Waals surface area (Å²) in [5.74, 6) is 0.887. The molecule has 0 radical (unpaired) electrons. The van der Waals surface area contributed by atoms with E-state index < -0.39 is 5.60 Å². The summed E-state index contributed by atoms with van der Waals surface area (Å²) in [7, 11) is 0. The Morgan fingerprint density at radius 2 is 1.78 bits per heavy atom. The maximum Gasteiger partial charge on any atom is 0.0771 e. The van der Waals surface area contributed by atoms with E-state index in [4.69, 9.17) is 0 Å². The van der Waals surface area contributed by atoms with Crippen LogP contribution in [-0.4, -0.2) is 23.3 Å². The van der Waals surface area contributed by atoms with Gasteiger partial charge in [0.1, 0.15) is 0 Å². The predicted molar refractivity (Wildman–Crippen MR) is 74.4 cm³/mol. The molecule has 1 unspecified atom stereocenters. The predicted octanol–water partition coefficient (Wildman–Crippen LogP) is 3.10. The minimum Gasteiger partial charge on any atom is -0.389 e. The number of aliphatic hydroxyl groups is 1. The summed E-state index contributed by atoms with van der Waals surface area (Å²) >= 11 is 0. The monoisotopic (exact) mass is 251 g/mol. The van der Waals surface area contributed by atoms with Crippen molar-refractivity contribution in [3.8, 4) is 0 Å². The van der Waals surface area contributed by atoms with Crippen molar-refractivity contribution < 1.29 is 5.11 Å². The van der Waals surface area contributed by atoms with E-state index in [2.05, 4.69) is 26.1 Å². The van der Waals surface area contributed by atoms with E-state index in [1.807, 2.05) is 0 Å². The molecular weight excluding hydrogens is 222 g/mol. The second-order valence-corrected chi connectivity index (χ2v) is 8.16. The fraction of sp³-hybridized carbons (Fsp3) is 1.00. The molecule has 0 saturated heterocycles. The van der Waals surface area contributed by atoms with E-state index in [9.17, 15) is 5.11 Å². The molecule has 0 amide bonds. The van der Waals surface area contributed by atoms with Crippen LogP contribution in [0.2, 0.25) is 0 Å². The number of fused-ring (bicyclic) bond motifs is 2. The van der Waals surface area contributed by atoms with Crippen molar-refractivity contribution >= 4 is 0 Å². The lowest BCUT2D eigenvalue weighted by atomic mass is 9.68. The normalized spacial score (nSPS) is 44.7. The van der Waals surface area contributed by atoms with Crippen LogP contribution in [0.4, 0.5) is 0 Å². The van der Waals surface area contributed by atoms with E-state index in [-0.39, 0.29) is 0 Å². The van der Waals surface area contributed by atoms with Crippen LogP contribution in [0, 0.1) is 16.7 Å². The Morgan fingerprint density at radius 3 is 2.33 bits per heavy atom. The maximum atomic E-state index is 10.5. The average molecular weight is 251 g/mol. The topological polar surface area (TPSA) is 32.3 Å². The summed E-state index contributed by atoms with van der Waals surface area (Å²) < 4.78 is 0. The molecule has 0 spiro atoms. The Bertz CT molecular complexity index is 327. The molecule has 0 aromatic heterocycles. The molecule has 3 aliphatic carbocycles. The Labute approximate surface area is 112 Å². The third-order valence-electron chi connectivity index (χ3n) is 6.44. The first-order valence-electron chi connectivity index (χ1n) is 7.82. The van der Waals surface area contributed by atoms with Gasteiger partial charge in [-0.05, 0) is 48.9 Å². The van der Waals surface area contributed by atoms with Crippen LogP contribution in [0.5, 0.6) is 0 Å². The molecular formula is C16H29NO. The zero-order valence-corrected chi connectivity index (χ0v) is 12.3. The van der Waals surface area contributed by atoms with Crippen LogP contribution in [0.25, 0.3) is 0 Å². The molecule has 0 aromatic carbocycles. The standard InChI is InChI=1S/C16H29NO/c1-14(2)12-6-9-15(3,10-12)13(14)17-11-16(18)7-4-5-8-16/h12-13,17-18H,4-11H2,1-3H3/t12-,13?,15+/m0/s1. The molecule has 3 aliphatic rings. The second kappa shape index (κ2) is 3.96. The molecule has 0 heterocycles. The van der Waals surface area contributed by atoms with Crippen LogP contribution in [0.3, 0.4) is 0 Å². The van der Waals surface area contributed by atoms with Crippen molar-refractivity contribution in [2.24, 2.45) is 16.7 Å². The van der Waals surface area contributed by atoms with Gasteiger partial charge in [-0.2, -0.15) is 0 Å². The highest BCUT2D eigenvalue weighted by molar-refractivity contribution is 5.12. The first-order valence-corrected chi connectivity index (χ1v) is 7.82. The summed E-state index contributed by atoms with van der Waals surface area (Å²) in [5.41, 5.74) is 0.472. The van der Waals surface area contributed by atoms with Crippen LogP contribution in [0.1, 0.15) is 65.7 Å². The molecule has 3 fully saturated rings. The minimum atomic E-state index is -0.408. The van der Waals surface area contributed by atoms with Gasteiger partial charge in [0.15, 0.2) is 0 Å². The molecule has 0 aliphatic heterocycles. The van der Waals surface area contributed by atoms with Crippen LogP contribution < -0.4 is 5.32 Å². The fourth-order valence-electron chi connectivity index (χ4n) is 5.31. The van der Waals surface area contributed by atoms with Crippen LogP contribution >= 0.6 is 0 Å². The van der Waals surface area contributed by atoms with Crippen molar-refractivity contribution in [3.63, 3.8) is 0 Å². The molecule has 2 bridgehead atoms. The smallest absolute Gasteiger partial charge is 0.0771 e. The SMILES string of the molecule is CC1(C)C(NCC2(O)CCCC2)[C@]2(C)CC[C@H]1C2. The molecule has 3 atom stereocenters. The van der Waals surface area contributed by atoms with Gasteiger partial charge >= 0.3 is 0 Å². The molecule has 2 heteroatoms. The van der Waals surface area contributed by atoms with Gasteiger partial charge in [0.05, 0.1) is 5.60 Å². The second-order valence-electron chi connectivity index (χ2n) is 8.16. The molecule has 104 valence electrons. The summed E-state index contributed by atoms with van der Waals surface area (Å²) in [6, 6.07) is 0.591. The van der Waals surface area contributed by atoms with Gasteiger partial charge in [-0.3, -0.25) is 0 Å². The van der Waals surface area contributed by atoms with Gasteiger partial charge in [-0.15, -0.1) is 0 Å². The molecule has 18 heavy (non-hydrogen) atoms. The van der Waals surface area contributed by atoms with Crippen molar-refractivity contribution in [2.45, 2.75) is 77.4 Å². The third-order valence-corrected chi connectivity index (χ3v) is 6.44. The lowest BCUT2D eigenvalue weighted by Gasteiger charge is -2.44. The third kappa shape index (κ3) is 1.84. The van der Waals surface area contributed by atoms with E-state index >= 15 is 0 Å². The molecule has 2 N–H and O–H groups in total. The van der Waals surface area contributed by atoms with Crippen LogP contribution in [0.15, 0.2) is 0 Å². The minimum absolute atomic E-state index is 0.405. The Kier molecular flexibility index (Phi) is 2.84. The summed E-state index contributed by atoms with van der Waals surface area (Å²) in [4.78, 5) is 0. The molecule has 2 nitrogen and oxygen atoms in total. The Hall–Kier alpha value is -0.0800. The first kappa shape index (κ1) is 12.9. The number of nitrogens with one attached hydrogen (secondary N) is 1. The van der Waals surface area contributed by atoms with E-state index in [1.54, 1.807) is 0 Å². The lowest BCUT2D eigenvalue weighted by molar-refractivity contribution is 0.0251. The summed E-state index contributed by atoms with van der Waals surface area (Å²) in [5, 5.41) is 14.3. The van der Waals surface area contributed by atoms with Gasteiger partial charge in [0, 0.05) is 12.6 Å². The number of hydrogen-bond donors (Lipinski definition) is 2. The lowest BCUT2D eigenvalue weighted by Crippen LogP contribution is -2.54. The van der Waals surface area contributed by atoms with Gasteiger partial charge < -0.3 is 10.4 Å². The van der Waals surface area contributed by atoms with Crippen molar-refractivity contribution in [3.05, 3.63) is 0 Å². The zero-order chi connectivity index (χ0) is 13.0. The summed E-state index contributed by atoms with van der Waals surface area (Å²) in [6.07, 6.45) is 8.55. The quantitative estimate of drug-likeness (QED) is 0.808. The fourth-order valence-corrected chi connectivity index (χ4v) is 5.31. The van der Waals surface area contributed by atoms with E-state index in [0.29, 0.717) is 16.9 Å². The van der Waals surface area contributed by atoms with Crippen molar-refractivity contribution in [1.29, 1.82) is 0 Å². The van der Waals surface area contributed by atoms with Gasteiger partial charge in [-0.25, -0.2) is 0 Å². The summed E-state index contributed by atoms with van der Waals surface area (Å²) in [6.45, 7) is 8.12. The Morgan fingerprint density at radius 1 is 1.11 bits per heavy atom.